The van der Waals surface area contributed by atoms with Crippen LogP contribution in [0.2, 0.25) is 0 Å². The number of amides is 1. The number of hydrogen-bond donors (Lipinski definition) is 1. The number of carbonyl (C=O) groups is 1. The Balaban J connectivity index is 2.34. The lowest BCUT2D eigenvalue weighted by molar-refractivity contribution is -0.134. The van der Waals surface area contributed by atoms with Gasteiger partial charge in [0, 0.05) is 26.7 Å². The second-order valence-electron chi connectivity index (χ2n) is 4.91. The van der Waals surface area contributed by atoms with Gasteiger partial charge in [-0.05, 0) is 26.8 Å². The maximum atomic E-state index is 11.9. The number of rotatable bonds is 5. The fourth-order valence-corrected chi connectivity index (χ4v) is 2.18. The molecule has 0 radical (unpaired) electrons. The van der Waals surface area contributed by atoms with Gasteiger partial charge in [0.2, 0.25) is 5.91 Å². The van der Waals surface area contributed by atoms with Crippen molar-refractivity contribution >= 4 is 5.91 Å². The number of hydrogen-bond acceptors (Lipinski definition) is 4. The van der Waals surface area contributed by atoms with E-state index in [1.807, 2.05) is 20.9 Å². The molecule has 0 saturated carbocycles. The minimum absolute atomic E-state index is 0.166. The molecule has 1 aliphatic heterocycles. The minimum atomic E-state index is 0.166. The Morgan fingerprint density at radius 2 is 2.00 bits per heavy atom. The third kappa shape index (κ3) is 5.02. The van der Waals surface area contributed by atoms with Crippen molar-refractivity contribution in [3.63, 3.8) is 0 Å². The van der Waals surface area contributed by atoms with Crippen molar-refractivity contribution in [2.45, 2.75) is 32.5 Å². The van der Waals surface area contributed by atoms with E-state index in [0.717, 1.165) is 26.1 Å². The van der Waals surface area contributed by atoms with Crippen molar-refractivity contribution < 1.29 is 9.53 Å². The summed E-state index contributed by atoms with van der Waals surface area (Å²) in [7, 11) is 1.84. The second-order valence-corrected chi connectivity index (χ2v) is 4.91. The van der Waals surface area contributed by atoms with Gasteiger partial charge in [-0.25, -0.2) is 0 Å². The predicted octanol–water partition coefficient (Wildman–Crippen LogP) is -0.0972. The Morgan fingerprint density at radius 3 is 2.53 bits per heavy atom. The maximum Gasteiger partial charge on any atom is 0.236 e. The van der Waals surface area contributed by atoms with Crippen LogP contribution in [0, 0.1) is 0 Å². The molecule has 1 aliphatic rings. The van der Waals surface area contributed by atoms with Gasteiger partial charge in [-0.1, -0.05) is 0 Å². The molecule has 0 aromatic rings. The number of morpholine rings is 1. The van der Waals surface area contributed by atoms with E-state index in [-0.39, 0.29) is 18.1 Å². The topological polar surface area (TPSA) is 58.8 Å². The molecule has 0 bridgehead atoms. The highest BCUT2D eigenvalue weighted by molar-refractivity contribution is 5.77. The van der Waals surface area contributed by atoms with Gasteiger partial charge < -0.3 is 15.4 Å². The summed E-state index contributed by atoms with van der Waals surface area (Å²) in [5.74, 6) is 0.166. The van der Waals surface area contributed by atoms with E-state index < -0.39 is 0 Å². The predicted molar refractivity (Wildman–Crippen MR) is 67.8 cm³/mol. The average Bonchev–Trinajstić information content (AvgIpc) is 2.24. The molecule has 1 fully saturated rings. The van der Waals surface area contributed by atoms with Gasteiger partial charge in [-0.15, -0.1) is 0 Å². The van der Waals surface area contributed by atoms with Crippen LogP contribution in [0.4, 0.5) is 0 Å². The highest BCUT2D eigenvalue weighted by atomic mass is 16.5. The van der Waals surface area contributed by atoms with Crippen molar-refractivity contribution in [1.29, 1.82) is 0 Å². The Morgan fingerprint density at radius 1 is 1.41 bits per heavy atom. The first-order valence-electron chi connectivity index (χ1n) is 6.34. The Bertz CT molecular complexity index is 238. The summed E-state index contributed by atoms with van der Waals surface area (Å²) in [5, 5.41) is 0. The van der Waals surface area contributed by atoms with Crippen molar-refractivity contribution in [3.05, 3.63) is 0 Å². The zero-order chi connectivity index (χ0) is 12.8. The first-order valence-corrected chi connectivity index (χ1v) is 6.34. The molecule has 5 nitrogen and oxygen atoms in total. The third-order valence-corrected chi connectivity index (χ3v) is 2.98. The van der Waals surface area contributed by atoms with Gasteiger partial charge in [-0.3, -0.25) is 9.69 Å². The Kier molecular flexibility index (Phi) is 5.88. The van der Waals surface area contributed by atoms with Crippen molar-refractivity contribution in [2.75, 3.05) is 39.8 Å². The first kappa shape index (κ1) is 14.4. The van der Waals surface area contributed by atoms with Crippen LogP contribution >= 0.6 is 0 Å². The molecule has 0 aliphatic carbocycles. The van der Waals surface area contributed by atoms with Gasteiger partial charge in [0.15, 0.2) is 0 Å². The van der Waals surface area contributed by atoms with Crippen LogP contribution in [-0.4, -0.2) is 67.7 Å². The smallest absolute Gasteiger partial charge is 0.236 e. The fraction of sp³-hybridized carbons (Fsp3) is 0.917. The quantitative estimate of drug-likeness (QED) is 0.733. The Hall–Kier alpha value is -0.650. The molecule has 2 atom stereocenters. The molecule has 2 unspecified atom stereocenters. The number of likely N-dealkylation sites (N-methyl/N-ethyl adjacent to an activating group) is 1. The zero-order valence-corrected chi connectivity index (χ0v) is 11.2. The average molecular weight is 243 g/mol. The standard InChI is InChI=1S/C12H25N3O2/c1-10-7-15(8-11(2)17-10)9-12(16)14(3)6-4-5-13/h10-11H,4-9,13H2,1-3H3. The van der Waals surface area contributed by atoms with Crippen molar-refractivity contribution in [1.82, 2.24) is 9.80 Å². The van der Waals surface area contributed by atoms with Gasteiger partial charge in [0.25, 0.3) is 0 Å². The number of carbonyl (C=O) groups excluding carboxylic acids is 1. The third-order valence-electron chi connectivity index (χ3n) is 2.98. The molecule has 0 spiro atoms. The van der Waals surface area contributed by atoms with E-state index in [1.165, 1.54) is 0 Å². The minimum Gasteiger partial charge on any atom is -0.373 e. The van der Waals surface area contributed by atoms with E-state index >= 15 is 0 Å². The SMILES string of the molecule is CC1CN(CC(=O)N(C)CCCN)CC(C)O1. The molecule has 17 heavy (non-hydrogen) atoms. The summed E-state index contributed by atoms with van der Waals surface area (Å²) in [6.07, 6.45) is 1.28. The lowest BCUT2D eigenvalue weighted by atomic mass is 10.2. The van der Waals surface area contributed by atoms with Gasteiger partial charge in [-0.2, -0.15) is 0 Å². The van der Waals surface area contributed by atoms with Crippen LogP contribution in [0.25, 0.3) is 0 Å². The zero-order valence-electron chi connectivity index (χ0n) is 11.2. The molecule has 2 N–H and O–H groups in total. The monoisotopic (exact) mass is 243 g/mol. The molecule has 5 heteroatoms. The lowest BCUT2D eigenvalue weighted by Gasteiger charge is -2.35. The molecule has 1 saturated heterocycles. The van der Waals surface area contributed by atoms with E-state index in [4.69, 9.17) is 10.5 Å². The second kappa shape index (κ2) is 6.93. The molecular weight excluding hydrogens is 218 g/mol. The van der Waals surface area contributed by atoms with Gasteiger partial charge in [0.1, 0.15) is 0 Å². The summed E-state index contributed by atoms with van der Waals surface area (Å²) in [5.41, 5.74) is 5.43. The molecule has 1 heterocycles. The van der Waals surface area contributed by atoms with Crippen LogP contribution < -0.4 is 5.73 Å². The summed E-state index contributed by atoms with van der Waals surface area (Å²) < 4.78 is 5.64. The molecular formula is C12H25N3O2. The fourth-order valence-electron chi connectivity index (χ4n) is 2.18. The largest absolute Gasteiger partial charge is 0.373 e. The van der Waals surface area contributed by atoms with Crippen LogP contribution in [0.5, 0.6) is 0 Å². The summed E-state index contributed by atoms with van der Waals surface area (Å²) in [4.78, 5) is 15.9. The molecule has 100 valence electrons. The van der Waals surface area contributed by atoms with Crippen LogP contribution in [0.15, 0.2) is 0 Å². The first-order chi connectivity index (χ1) is 8.02. The summed E-state index contributed by atoms with van der Waals surface area (Å²) >= 11 is 0. The van der Waals surface area contributed by atoms with E-state index in [2.05, 4.69) is 4.90 Å². The molecule has 0 aromatic carbocycles. The highest BCUT2D eigenvalue weighted by Gasteiger charge is 2.24. The van der Waals surface area contributed by atoms with Crippen LogP contribution in [0.1, 0.15) is 20.3 Å². The normalized spacial score (nSPS) is 25.9. The summed E-state index contributed by atoms with van der Waals surface area (Å²) in [6.45, 7) is 7.62. The lowest BCUT2D eigenvalue weighted by Crippen LogP contribution is -2.49. The molecule has 1 amide bonds. The van der Waals surface area contributed by atoms with Crippen LogP contribution in [0.3, 0.4) is 0 Å². The summed E-state index contributed by atoms with van der Waals surface area (Å²) in [6, 6.07) is 0. The number of nitrogens with two attached hydrogens (primary N) is 1. The molecule has 1 rings (SSSR count). The van der Waals surface area contributed by atoms with Gasteiger partial charge in [0.05, 0.1) is 18.8 Å². The highest BCUT2D eigenvalue weighted by Crippen LogP contribution is 2.10. The van der Waals surface area contributed by atoms with Crippen molar-refractivity contribution in [3.8, 4) is 0 Å². The van der Waals surface area contributed by atoms with Gasteiger partial charge >= 0.3 is 0 Å². The molecule has 0 aromatic heterocycles. The van der Waals surface area contributed by atoms with E-state index in [9.17, 15) is 4.79 Å². The number of nitrogens with zero attached hydrogens (tertiary/aromatic N) is 2. The van der Waals surface area contributed by atoms with Crippen molar-refractivity contribution in [2.24, 2.45) is 5.73 Å². The maximum absolute atomic E-state index is 11.9. The van der Waals surface area contributed by atoms with Crippen LogP contribution in [-0.2, 0) is 9.53 Å². The van der Waals surface area contributed by atoms with E-state index in [1.54, 1.807) is 4.90 Å². The number of ether oxygens (including phenoxy) is 1. The van der Waals surface area contributed by atoms with E-state index in [0.29, 0.717) is 13.1 Å². The Labute approximate surface area is 104 Å².